The van der Waals surface area contributed by atoms with E-state index in [9.17, 15) is 73.2 Å². The van der Waals surface area contributed by atoms with Crippen molar-refractivity contribution in [2.24, 2.45) is 17.4 Å². The second kappa shape index (κ2) is 31.1. The second-order valence-corrected chi connectivity index (χ2v) is 18.6. The molecule has 0 bridgehead atoms. The summed E-state index contributed by atoms with van der Waals surface area (Å²) in [5, 5.41) is 65.0. The summed E-state index contributed by atoms with van der Waals surface area (Å²) < 4.78 is 0. The van der Waals surface area contributed by atoms with Crippen LogP contribution in [-0.2, 0) is 59.2 Å². The van der Waals surface area contributed by atoms with Gasteiger partial charge in [0.2, 0.25) is 47.3 Å². The number of phenolic OH excluding ortho intramolecular Hbond substituents is 1. The number of thiol groups is 1. The maximum Gasteiger partial charge on any atom is 0.326 e. The third-order valence-electron chi connectivity index (χ3n) is 11.7. The number of aliphatic carboxylic acids is 3. The van der Waals surface area contributed by atoms with Crippen LogP contribution in [0.25, 0.3) is 0 Å². The summed E-state index contributed by atoms with van der Waals surface area (Å²) in [5.74, 6) is -11.7. The van der Waals surface area contributed by atoms with E-state index in [2.05, 4.69) is 49.8 Å². The Labute approximate surface area is 427 Å². The van der Waals surface area contributed by atoms with Crippen LogP contribution >= 0.6 is 12.6 Å². The molecule has 0 aliphatic carbocycles. The van der Waals surface area contributed by atoms with Gasteiger partial charge in [0.05, 0.1) is 6.10 Å². The van der Waals surface area contributed by atoms with Gasteiger partial charge in [0.1, 0.15) is 60.1 Å². The number of likely N-dealkylation sites (tertiary alicyclic amines) is 1. The quantitative estimate of drug-likeness (QED) is 0.0252. The van der Waals surface area contributed by atoms with Crippen LogP contribution in [0, 0.1) is 5.92 Å². The van der Waals surface area contributed by atoms with Crippen molar-refractivity contribution in [3.63, 3.8) is 0 Å². The number of aliphatic hydroxyl groups excluding tert-OH is 1. The number of phenols is 1. The molecule has 8 amide bonds. The van der Waals surface area contributed by atoms with Crippen molar-refractivity contribution < 1.29 is 78.3 Å². The number of carboxylic acids is 3. The van der Waals surface area contributed by atoms with Gasteiger partial charge in [-0.3, -0.25) is 47.9 Å². The molecule has 1 saturated heterocycles. The number of hydrogen-bond donors (Lipinski definition) is 15. The molecule has 0 aromatic heterocycles. The van der Waals surface area contributed by atoms with Gasteiger partial charge >= 0.3 is 17.9 Å². The Balaban J connectivity index is 2.38. The molecule has 1 aromatic rings. The third-order valence-corrected chi connectivity index (χ3v) is 12.0. The van der Waals surface area contributed by atoms with Crippen LogP contribution in [-0.4, -0.2) is 175 Å². The maximum absolute atomic E-state index is 14.6. The number of carbonyl (C=O) groups excluding carboxylic acids is 8. The molecule has 0 radical (unpaired) electrons. The summed E-state index contributed by atoms with van der Waals surface area (Å²) in [5.41, 5.74) is 11.9. The molecule has 0 saturated carbocycles. The number of nitrogens with one attached hydrogen (secondary N) is 7. The summed E-state index contributed by atoms with van der Waals surface area (Å²) in [6.45, 7) is 6.19. The highest BCUT2D eigenvalue weighted by Gasteiger charge is 2.40. The molecule has 408 valence electrons. The van der Waals surface area contributed by atoms with Crippen LogP contribution < -0.4 is 48.7 Å². The Morgan fingerprint density at radius 3 is 1.71 bits per heavy atom. The molecule has 1 aliphatic heterocycles. The molecule has 1 heterocycles. The molecule has 1 aliphatic rings. The van der Waals surface area contributed by atoms with Gasteiger partial charge < -0.3 is 79.1 Å². The van der Waals surface area contributed by atoms with Crippen molar-refractivity contribution in [2.45, 2.75) is 159 Å². The number of carbonyl (C=O) groups is 11. The topological polar surface area (TPSA) is 428 Å². The van der Waals surface area contributed by atoms with Gasteiger partial charge in [0.25, 0.3) is 0 Å². The first-order valence-electron chi connectivity index (χ1n) is 23.9. The molecule has 1 fully saturated rings. The lowest BCUT2D eigenvalue weighted by Gasteiger charge is -2.31. The van der Waals surface area contributed by atoms with Gasteiger partial charge in [-0.2, -0.15) is 12.6 Å². The highest BCUT2D eigenvalue weighted by molar-refractivity contribution is 7.80. The van der Waals surface area contributed by atoms with E-state index < -0.39 is 151 Å². The normalized spacial score (nSPS) is 16.9. The molecule has 10 atom stereocenters. The van der Waals surface area contributed by atoms with Gasteiger partial charge in [-0.05, 0) is 95.4 Å². The lowest BCUT2D eigenvalue weighted by atomic mass is 10.0. The Morgan fingerprint density at radius 1 is 0.658 bits per heavy atom. The Morgan fingerprint density at radius 2 is 1.16 bits per heavy atom. The molecular formula is C46H72N10O16S. The Hall–Kier alpha value is -6.58. The number of carboxylic acid groups (broad SMARTS) is 3. The van der Waals surface area contributed by atoms with E-state index in [1.54, 1.807) is 13.8 Å². The standard InChI is InChI=1S/C46H72N10O16S/c1-23(2)20-31(41(66)52-30(46(71)72)15-17-36(61)62)53-38(63)24(3)49-39(64)29(14-16-35(59)60)51-43(68)34-9-7-19-56(34)45(70)32(21-26-10-12-27(58)13-11-26)54-40(65)28(8-5-6-18-47)50-42(67)33(22-73)55-44(69)37(48)25(4)57/h10-13,23-25,28-34,37,57-58,73H,5-9,14-22,47-48H2,1-4H3,(H,49,64)(H,50,67)(H,51,68)(H,52,66)(H,53,63)(H,54,65)(H,55,69)(H,59,60)(H,61,62)(H,71,72)/t24-,25+,28-,29-,30-,31-,32-,33-,34-,37-/m0/s1. The minimum Gasteiger partial charge on any atom is -0.508 e. The van der Waals surface area contributed by atoms with Crippen molar-refractivity contribution in [1.29, 1.82) is 0 Å². The van der Waals surface area contributed by atoms with Gasteiger partial charge in [-0.25, -0.2) is 4.79 Å². The van der Waals surface area contributed by atoms with Crippen molar-refractivity contribution in [3.05, 3.63) is 29.8 Å². The molecule has 0 spiro atoms. The Bertz CT molecular complexity index is 2100. The third kappa shape index (κ3) is 21.6. The van der Waals surface area contributed by atoms with Crippen molar-refractivity contribution in [1.82, 2.24) is 42.1 Å². The van der Waals surface area contributed by atoms with Crippen molar-refractivity contribution in [2.75, 3.05) is 18.8 Å². The zero-order chi connectivity index (χ0) is 55.1. The molecule has 2 rings (SSSR count). The summed E-state index contributed by atoms with van der Waals surface area (Å²) in [6, 6.07) is -6.87. The first-order chi connectivity index (χ1) is 34.3. The van der Waals surface area contributed by atoms with Crippen LogP contribution in [0.15, 0.2) is 24.3 Å². The number of benzene rings is 1. The van der Waals surface area contributed by atoms with Gasteiger partial charge in [-0.1, -0.05) is 26.0 Å². The monoisotopic (exact) mass is 1050 g/mol. The van der Waals surface area contributed by atoms with Crippen LogP contribution in [0.3, 0.4) is 0 Å². The summed E-state index contributed by atoms with van der Waals surface area (Å²) in [6.07, 6.45) is -2.39. The second-order valence-electron chi connectivity index (χ2n) is 18.2. The number of unbranched alkanes of at least 4 members (excludes halogenated alkanes) is 1. The smallest absolute Gasteiger partial charge is 0.326 e. The molecule has 27 heteroatoms. The zero-order valence-electron chi connectivity index (χ0n) is 41.3. The molecule has 16 N–H and O–H groups in total. The predicted molar refractivity (Wildman–Crippen MR) is 263 cm³/mol. The van der Waals surface area contributed by atoms with Gasteiger partial charge in [0.15, 0.2) is 0 Å². The fraction of sp³-hybridized carbons (Fsp3) is 0.630. The number of hydrogen-bond acceptors (Lipinski definition) is 16. The average molecular weight is 1050 g/mol. The molecule has 26 nitrogen and oxygen atoms in total. The van der Waals surface area contributed by atoms with Gasteiger partial charge in [-0.15, -0.1) is 0 Å². The number of amides is 8. The van der Waals surface area contributed by atoms with Crippen molar-refractivity contribution in [3.8, 4) is 5.75 Å². The van der Waals surface area contributed by atoms with E-state index in [0.29, 0.717) is 18.4 Å². The van der Waals surface area contributed by atoms with Crippen LogP contribution in [0.2, 0.25) is 0 Å². The SMILES string of the molecule is CC(C)C[C@H](NC(=O)[C@H](C)NC(=O)[C@H](CCC(=O)O)NC(=O)[C@@H]1CCCN1C(=O)[C@H](Cc1ccc(O)cc1)NC(=O)[C@H](CCCCN)NC(=O)[C@H](CS)NC(=O)[C@@H](N)[C@@H](C)O)C(=O)N[C@@H](CCC(=O)O)C(=O)O. The van der Waals surface area contributed by atoms with Crippen LogP contribution in [0.1, 0.15) is 97.5 Å². The lowest BCUT2D eigenvalue weighted by molar-refractivity contribution is -0.144. The van der Waals surface area contributed by atoms with Gasteiger partial charge in [0, 0.05) is 31.6 Å². The van der Waals surface area contributed by atoms with E-state index in [0.717, 1.165) is 0 Å². The van der Waals surface area contributed by atoms with E-state index in [1.807, 2.05) is 0 Å². The largest absolute Gasteiger partial charge is 0.508 e. The predicted octanol–water partition coefficient (Wildman–Crippen LogP) is -3.03. The minimum absolute atomic E-state index is 0.00270. The number of rotatable bonds is 32. The van der Waals surface area contributed by atoms with E-state index in [4.69, 9.17) is 16.6 Å². The van der Waals surface area contributed by atoms with Crippen LogP contribution in [0.4, 0.5) is 0 Å². The number of nitrogens with zero attached hydrogens (tertiary/aromatic N) is 1. The molecule has 73 heavy (non-hydrogen) atoms. The molecular weight excluding hydrogens is 981 g/mol. The fourth-order valence-corrected chi connectivity index (χ4v) is 7.80. The highest BCUT2D eigenvalue weighted by Crippen LogP contribution is 2.22. The Kier molecular flexibility index (Phi) is 26.6. The average Bonchev–Trinajstić information content (AvgIpc) is 3.82. The first-order valence-corrected chi connectivity index (χ1v) is 24.5. The molecule has 1 aromatic carbocycles. The summed E-state index contributed by atoms with van der Waals surface area (Å²) in [4.78, 5) is 145. The minimum atomic E-state index is -1.59. The van der Waals surface area contributed by atoms with Crippen molar-refractivity contribution >= 4 is 77.8 Å². The summed E-state index contributed by atoms with van der Waals surface area (Å²) in [7, 11) is 0. The summed E-state index contributed by atoms with van der Waals surface area (Å²) >= 11 is 4.15. The molecule has 0 unspecified atom stereocenters. The number of nitrogens with two attached hydrogens (primary N) is 2. The van der Waals surface area contributed by atoms with Crippen LogP contribution in [0.5, 0.6) is 5.75 Å². The first kappa shape index (κ1) is 62.5. The maximum atomic E-state index is 14.6. The number of aliphatic hydroxyl groups is 1. The zero-order valence-corrected chi connectivity index (χ0v) is 42.2. The van der Waals surface area contributed by atoms with E-state index in [1.165, 1.54) is 43.0 Å². The highest BCUT2D eigenvalue weighted by atomic mass is 32.1. The lowest BCUT2D eigenvalue weighted by Crippen LogP contribution is -2.60. The van der Waals surface area contributed by atoms with E-state index >= 15 is 0 Å². The fourth-order valence-electron chi connectivity index (χ4n) is 7.54. The number of aromatic hydroxyl groups is 1. The van der Waals surface area contributed by atoms with E-state index in [-0.39, 0.29) is 62.6 Å².